The van der Waals surface area contributed by atoms with Gasteiger partial charge in [-0.25, -0.2) is 17.9 Å². The van der Waals surface area contributed by atoms with Gasteiger partial charge in [0, 0.05) is 29.7 Å². The van der Waals surface area contributed by atoms with E-state index in [9.17, 15) is 13.2 Å². The van der Waals surface area contributed by atoms with Gasteiger partial charge in [-0.2, -0.15) is 0 Å². The first-order valence-corrected chi connectivity index (χ1v) is 14.7. The van der Waals surface area contributed by atoms with E-state index in [0.29, 0.717) is 29.1 Å². The molecule has 2 fully saturated rings. The van der Waals surface area contributed by atoms with Crippen LogP contribution in [0.1, 0.15) is 73.6 Å². The van der Waals surface area contributed by atoms with Crippen LogP contribution in [0.4, 0.5) is 4.79 Å². The first-order chi connectivity index (χ1) is 15.3. The number of carbonyl (C=O) groups excluding carboxylic acids is 1. The number of rotatable bonds is 5. The lowest BCUT2D eigenvalue weighted by Gasteiger charge is -2.31. The lowest BCUT2D eigenvalue weighted by atomic mass is 9.86. The van der Waals surface area contributed by atoms with Crippen LogP contribution in [-0.2, 0) is 14.8 Å². The van der Waals surface area contributed by atoms with Crippen molar-refractivity contribution in [2.24, 2.45) is 28.2 Å². The highest BCUT2D eigenvalue weighted by molar-refractivity contribution is 8.14. The Kier molecular flexibility index (Phi) is 6.73. The molecule has 0 bridgehead atoms. The monoisotopic (exact) mass is 497 g/mol. The maximum Gasteiger partial charge on any atom is 0.407 e. The van der Waals surface area contributed by atoms with Crippen molar-refractivity contribution in [2.75, 3.05) is 5.75 Å². The normalized spacial score (nSPS) is 36.3. The molecule has 1 amide bonds. The molecular weight excluding hydrogens is 458 g/mol. The zero-order chi connectivity index (χ0) is 24.2. The molecule has 186 valence electrons. The van der Waals surface area contributed by atoms with Gasteiger partial charge in [-0.3, -0.25) is 4.99 Å². The molecule has 1 heterocycles. The molecule has 1 unspecified atom stereocenters. The molecule has 0 aromatic rings. The third-order valence-corrected chi connectivity index (χ3v) is 10.5. The first-order valence-electron chi connectivity index (χ1n) is 12.2. The summed E-state index contributed by atoms with van der Waals surface area (Å²) >= 11 is 1.88. The van der Waals surface area contributed by atoms with Gasteiger partial charge in [0.1, 0.15) is 0 Å². The van der Waals surface area contributed by atoms with Gasteiger partial charge in [0.05, 0.1) is 22.1 Å². The largest absolute Gasteiger partial charge is 0.447 e. The van der Waals surface area contributed by atoms with Crippen LogP contribution in [-0.4, -0.2) is 49.0 Å². The Morgan fingerprint density at radius 2 is 1.91 bits per heavy atom. The number of ether oxygens (including phenoxy) is 1. The Labute approximate surface area is 203 Å². The van der Waals surface area contributed by atoms with Crippen LogP contribution in [0.5, 0.6) is 0 Å². The summed E-state index contributed by atoms with van der Waals surface area (Å²) in [6.07, 6.45) is 5.89. The second-order valence-electron chi connectivity index (χ2n) is 11.7. The maximum atomic E-state index is 13.1. The van der Waals surface area contributed by atoms with Crippen LogP contribution in [0.3, 0.4) is 0 Å². The predicted molar refractivity (Wildman–Crippen MR) is 134 cm³/mol. The van der Waals surface area contributed by atoms with E-state index < -0.39 is 15.6 Å². The summed E-state index contributed by atoms with van der Waals surface area (Å²) in [4.78, 5) is 17.6. The molecule has 4 rings (SSSR count). The van der Waals surface area contributed by atoms with Crippen molar-refractivity contribution < 1.29 is 17.9 Å². The third-order valence-electron chi connectivity index (χ3n) is 7.37. The highest BCUT2D eigenvalue weighted by Crippen LogP contribution is 2.67. The molecule has 4 aliphatic rings. The minimum absolute atomic E-state index is 0.0402. The Morgan fingerprint density at radius 1 is 1.24 bits per heavy atom. The van der Waals surface area contributed by atoms with Crippen molar-refractivity contribution in [3.8, 4) is 0 Å². The summed E-state index contributed by atoms with van der Waals surface area (Å²) in [5.41, 5.74) is -0.573. The summed E-state index contributed by atoms with van der Waals surface area (Å²) in [5.74, 6) is 2.34. The highest BCUT2D eigenvalue weighted by atomic mass is 32.2. The molecular formula is C24H39N3O4S2. The van der Waals surface area contributed by atoms with Gasteiger partial charge in [0.15, 0.2) is 0 Å². The predicted octanol–water partition coefficient (Wildman–Crippen LogP) is 4.45. The number of hydrogen-bond acceptors (Lipinski definition) is 6. The van der Waals surface area contributed by atoms with Crippen LogP contribution < -0.4 is 10.0 Å². The Balaban J connectivity index is 1.43. The fourth-order valence-electron chi connectivity index (χ4n) is 5.85. The molecule has 3 aliphatic carbocycles. The molecule has 9 heteroatoms. The second-order valence-corrected chi connectivity index (χ2v) is 14.4. The van der Waals surface area contributed by atoms with Gasteiger partial charge in [-0.15, -0.1) is 11.8 Å². The number of fused-ring (bicyclic) bond motifs is 1. The van der Waals surface area contributed by atoms with E-state index in [1.165, 1.54) is 5.04 Å². The zero-order valence-corrected chi connectivity index (χ0v) is 22.3. The third kappa shape index (κ3) is 5.45. The zero-order valence-electron chi connectivity index (χ0n) is 20.7. The van der Waals surface area contributed by atoms with Crippen LogP contribution in [0.2, 0.25) is 0 Å². The number of thioether (sulfide) groups is 1. The average Bonchev–Trinajstić information content (AvgIpc) is 3.33. The van der Waals surface area contributed by atoms with E-state index in [2.05, 4.69) is 17.0 Å². The second kappa shape index (κ2) is 8.86. The van der Waals surface area contributed by atoms with Crippen LogP contribution in [0.15, 0.2) is 16.0 Å². The molecule has 1 aliphatic heterocycles. The van der Waals surface area contributed by atoms with Crippen molar-refractivity contribution in [3.63, 3.8) is 0 Å². The summed E-state index contributed by atoms with van der Waals surface area (Å²) in [5, 5.41) is 4.19. The van der Waals surface area contributed by atoms with Crippen molar-refractivity contribution >= 4 is 32.9 Å². The van der Waals surface area contributed by atoms with Gasteiger partial charge in [-0.1, -0.05) is 13.0 Å². The molecule has 0 saturated heterocycles. The molecule has 7 nitrogen and oxygen atoms in total. The smallest absolute Gasteiger partial charge is 0.407 e. The molecule has 0 radical (unpaired) electrons. The maximum absolute atomic E-state index is 13.1. The molecule has 0 spiro atoms. The van der Waals surface area contributed by atoms with Crippen molar-refractivity contribution in [2.45, 2.75) is 97.4 Å². The van der Waals surface area contributed by atoms with E-state index >= 15 is 0 Å². The first kappa shape index (κ1) is 25.0. The Hall–Kier alpha value is -1.06. The number of aliphatic imine (C=N–C) groups is 1. The Morgan fingerprint density at radius 3 is 2.52 bits per heavy atom. The summed E-state index contributed by atoms with van der Waals surface area (Å²) in [6.45, 7) is 11.5. The molecule has 4 atom stereocenters. The van der Waals surface area contributed by atoms with Gasteiger partial charge in [0.2, 0.25) is 10.0 Å². The van der Waals surface area contributed by atoms with E-state index in [-0.39, 0.29) is 29.7 Å². The average molecular weight is 498 g/mol. The summed E-state index contributed by atoms with van der Waals surface area (Å²) in [7, 11) is -3.52. The minimum atomic E-state index is -3.52. The number of allylic oxidation sites excluding steroid dienone is 1. The SMILES string of the molecule is CC(C)OC(=O)NC1CCC(C2=N[C@@H]3CC(S(=O)(=O)NC(C)(C)C)=CC4(C)[C@@H]3[C@H]4CS2)CC1. The fraction of sp³-hybridized carbons (Fsp3) is 0.833. The van der Waals surface area contributed by atoms with Gasteiger partial charge in [0.25, 0.3) is 0 Å². The number of hydrogen-bond donors (Lipinski definition) is 2. The number of nitrogens with one attached hydrogen (secondary N) is 2. The van der Waals surface area contributed by atoms with E-state index in [4.69, 9.17) is 9.73 Å². The van der Waals surface area contributed by atoms with E-state index in [1.54, 1.807) is 0 Å². The van der Waals surface area contributed by atoms with Crippen molar-refractivity contribution in [1.82, 2.24) is 10.0 Å². The summed E-state index contributed by atoms with van der Waals surface area (Å²) < 4.78 is 34.2. The molecule has 33 heavy (non-hydrogen) atoms. The number of nitrogens with zero attached hydrogens (tertiary/aromatic N) is 1. The molecule has 0 aromatic heterocycles. The minimum Gasteiger partial charge on any atom is -0.447 e. The Bertz CT molecular complexity index is 945. The number of carbonyl (C=O) groups is 1. The van der Waals surface area contributed by atoms with Gasteiger partial charge >= 0.3 is 6.09 Å². The molecule has 2 saturated carbocycles. The van der Waals surface area contributed by atoms with E-state index in [1.807, 2.05) is 52.5 Å². The fourth-order valence-corrected chi connectivity index (χ4v) is 9.18. The highest BCUT2D eigenvalue weighted by Gasteiger charge is 2.66. The quantitative estimate of drug-likeness (QED) is 0.585. The molecule has 0 aromatic carbocycles. The summed E-state index contributed by atoms with van der Waals surface area (Å²) in [6, 6.07) is 0.191. The van der Waals surface area contributed by atoms with Crippen LogP contribution in [0, 0.1) is 23.2 Å². The topological polar surface area (TPSA) is 96.9 Å². The number of alkyl carbamates (subject to hydrolysis) is 1. The number of sulfonamides is 1. The lowest BCUT2D eigenvalue weighted by Crippen LogP contribution is -2.42. The molecule has 2 N–H and O–H groups in total. The van der Waals surface area contributed by atoms with E-state index in [0.717, 1.165) is 31.4 Å². The lowest BCUT2D eigenvalue weighted by molar-refractivity contribution is 0.109. The standard InChI is InChI=1S/C24H39N3O4S2/c1-14(2)31-22(28)25-16-9-7-15(8-10-16)21-26-19-11-17(33(29,30)27-23(3,4)5)12-24(6)18(13-32-21)20(19)24/h12,14-16,18-20,27H,7-11,13H2,1-6H3,(H,25,28)/t15?,16?,18-,19-,20-,24?/m1/s1. The number of amides is 1. The van der Waals surface area contributed by atoms with Crippen molar-refractivity contribution in [1.29, 1.82) is 0 Å². The van der Waals surface area contributed by atoms with Crippen molar-refractivity contribution in [3.05, 3.63) is 11.0 Å². The van der Waals surface area contributed by atoms with Crippen LogP contribution in [0.25, 0.3) is 0 Å². The van der Waals surface area contributed by atoms with Gasteiger partial charge < -0.3 is 10.1 Å². The van der Waals surface area contributed by atoms with Crippen LogP contribution >= 0.6 is 11.8 Å². The van der Waals surface area contributed by atoms with Gasteiger partial charge in [-0.05, 0) is 77.6 Å².